The predicted octanol–water partition coefficient (Wildman–Crippen LogP) is 3.36. The fourth-order valence-electron chi connectivity index (χ4n) is 3.40. The lowest BCUT2D eigenvalue weighted by atomic mass is 9.73. The lowest BCUT2D eigenvalue weighted by Gasteiger charge is -2.45. The molecule has 1 fully saturated rings. The number of hydrogen-bond acceptors (Lipinski definition) is 2. The first-order chi connectivity index (χ1) is 8.68. The van der Waals surface area contributed by atoms with Gasteiger partial charge in [0.25, 0.3) is 0 Å². The number of hydrogen-bond donors (Lipinski definition) is 1. The zero-order valence-corrected chi connectivity index (χ0v) is 12.3. The van der Waals surface area contributed by atoms with Crippen molar-refractivity contribution >= 4 is 0 Å². The van der Waals surface area contributed by atoms with Crippen LogP contribution in [-0.4, -0.2) is 24.8 Å². The highest BCUT2D eigenvalue weighted by atomic mass is 16.5. The van der Waals surface area contributed by atoms with Crippen LogP contribution in [0.15, 0.2) is 0 Å². The molecule has 0 aromatic rings. The minimum atomic E-state index is 0.0132. The van der Waals surface area contributed by atoms with Crippen LogP contribution in [0.3, 0.4) is 0 Å². The van der Waals surface area contributed by atoms with E-state index in [1.54, 1.807) is 0 Å². The molecule has 0 aliphatic heterocycles. The van der Waals surface area contributed by atoms with Crippen molar-refractivity contribution in [3.8, 4) is 12.3 Å². The van der Waals surface area contributed by atoms with E-state index in [-0.39, 0.29) is 5.60 Å². The van der Waals surface area contributed by atoms with Crippen molar-refractivity contribution in [3.63, 3.8) is 0 Å². The maximum absolute atomic E-state index is 6.22. The summed E-state index contributed by atoms with van der Waals surface area (Å²) in [6.45, 7) is 8.39. The molecule has 104 valence electrons. The van der Waals surface area contributed by atoms with E-state index in [0.29, 0.717) is 6.04 Å². The maximum atomic E-state index is 6.22. The quantitative estimate of drug-likeness (QED) is 0.701. The van der Waals surface area contributed by atoms with Crippen LogP contribution < -0.4 is 5.32 Å². The van der Waals surface area contributed by atoms with E-state index in [9.17, 15) is 0 Å². The standard InChI is InChI=1S/C16H29NO/c1-5-8-11-15(17-6-2)16(18-7-3)12-9-10-14(4)13-16/h1,14-15,17H,6-13H2,2-4H3. The van der Waals surface area contributed by atoms with Crippen LogP contribution in [0.1, 0.15) is 59.3 Å². The summed E-state index contributed by atoms with van der Waals surface area (Å²) in [6.07, 6.45) is 12.2. The van der Waals surface area contributed by atoms with Gasteiger partial charge in [-0.1, -0.05) is 26.7 Å². The molecule has 1 aliphatic rings. The van der Waals surface area contributed by atoms with Crippen molar-refractivity contribution in [2.75, 3.05) is 13.2 Å². The third kappa shape index (κ3) is 4.00. The van der Waals surface area contributed by atoms with Crippen LogP contribution in [0.2, 0.25) is 0 Å². The molecule has 18 heavy (non-hydrogen) atoms. The fourth-order valence-corrected chi connectivity index (χ4v) is 3.40. The van der Waals surface area contributed by atoms with E-state index in [1.165, 1.54) is 25.7 Å². The van der Waals surface area contributed by atoms with Crippen LogP contribution in [0.5, 0.6) is 0 Å². The van der Waals surface area contributed by atoms with Crippen LogP contribution in [0.25, 0.3) is 0 Å². The lowest BCUT2D eigenvalue weighted by molar-refractivity contribution is -0.101. The highest BCUT2D eigenvalue weighted by Crippen LogP contribution is 2.39. The van der Waals surface area contributed by atoms with Gasteiger partial charge in [-0.25, -0.2) is 0 Å². The summed E-state index contributed by atoms with van der Waals surface area (Å²) in [7, 11) is 0. The first-order valence-electron chi connectivity index (χ1n) is 7.49. The molecule has 0 radical (unpaired) electrons. The maximum Gasteiger partial charge on any atom is 0.0837 e. The Bertz CT molecular complexity index is 267. The first-order valence-corrected chi connectivity index (χ1v) is 7.49. The average Bonchev–Trinajstić information content (AvgIpc) is 2.34. The fraction of sp³-hybridized carbons (Fsp3) is 0.875. The van der Waals surface area contributed by atoms with Crippen LogP contribution >= 0.6 is 0 Å². The zero-order chi connectivity index (χ0) is 13.4. The number of rotatable bonds is 7. The first kappa shape index (κ1) is 15.5. The minimum absolute atomic E-state index is 0.0132. The summed E-state index contributed by atoms with van der Waals surface area (Å²) in [5, 5.41) is 3.61. The Balaban J connectivity index is 2.79. The smallest absolute Gasteiger partial charge is 0.0837 e. The highest BCUT2D eigenvalue weighted by molar-refractivity contribution is 4.99. The third-order valence-corrected chi connectivity index (χ3v) is 4.09. The Labute approximate surface area is 113 Å². The van der Waals surface area contributed by atoms with E-state index < -0.39 is 0 Å². The van der Waals surface area contributed by atoms with Crippen molar-refractivity contribution in [2.24, 2.45) is 5.92 Å². The molecule has 0 spiro atoms. The Morgan fingerprint density at radius 3 is 2.83 bits per heavy atom. The molecule has 0 aromatic heterocycles. The van der Waals surface area contributed by atoms with Gasteiger partial charge in [0.2, 0.25) is 0 Å². The predicted molar refractivity (Wildman–Crippen MR) is 77.5 cm³/mol. The van der Waals surface area contributed by atoms with E-state index in [0.717, 1.165) is 31.9 Å². The van der Waals surface area contributed by atoms with Gasteiger partial charge in [-0.05, 0) is 38.6 Å². The molecule has 1 N–H and O–H groups in total. The largest absolute Gasteiger partial charge is 0.374 e. The molecule has 2 nitrogen and oxygen atoms in total. The molecule has 3 atom stereocenters. The highest BCUT2D eigenvalue weighted by Gasteiger charge is 2.41. The van der Waals surface area contributed by atoms with Gasteiger partial charge in [-0.15, -0.1) is 12.3 Å². The molecule has 0 bridgehead atoms. The topological polar surface area (TPSA) is 21.3 Å². The van der Waals surface area contributed by atoms with Gasteiger partial charge < -0.3 is 10.1 Å². The normalized spacial score (nSPS) is 29.8. The summed E-state index contributed by atoms with van der Waals surface area (Å²) in [4.78, 5) is 0. The number of nitrogens with one attached hydrogen (secondary N) is 1. The summed E-state index contributed by atoms with van der Waals surface area (Å²) in [6, 6.07) is 0.404. The van der Waals surface area contributed by atoms with Gasteiger partial charge in [0.05, 0.1) is 5.60 Å². The van der Waals surface area contributed by atoms with Gasteiger partial charge in [-0.3, -0.25) is 0 Å². The van der Waals surface area contributed by atoms with Gasteiger partial charge in [-0.2, -0.15) is 0 Å². The second-order valence-corrected chi connectivity index (χ2v) is 5.55. The van der Waals surface area contributed by atoms with Crippen molar-refractivity contribution in [3.05, 3.63) is 0 Å². The van der Waals surface area contributed by atoms with Gasteiger partial charge in [0.15, 0.2) is 0 Å². The molecule has 1 aliphatic carbocycles. The minimum Gasteiger partial charge on any atom is -0.374 e. The molecule has 0 saturated heterocycles. The second-order valence-electron chi connectivity index (χ2n) is 5.55. The van der Waals surface area contributed by atoms with E-state index in [2.05, 4.69) is 32.0 Å². The van der Waals surface area contributed by atoms with E-state index in [4.69, 9.17) is 11.2 Å². The molecule has 1 saturated carbocycles. The Hall–Kier alpha value is -0.520. The SMILES string of the molecule is C#CCCC(NCC)C1(OCC)CCCC(C)C1. The summed E-state index contributed by atoms with van der Waals surface area (Å²) in [5.41, 5.74) is 0.0132. The molecule has 0 aromatic carbocycles. The second kappa shape index (κ2) is 7.81. The van der Waals surface area contributed by atoms with Crippen LogP contribution in [0, 0.1) is 18.3 Å². The van der Waals surface area contributed by atoms with E-state index in [1.807, 2.05) is 0 Å². The zero-order valence-electron chi connectivity index (χ0n) is 12.3. The lowest BCUT2D eigenvalue weighted by Crippen LogP contribution is -2.54. The van der Waals surface area contributed by atoms with Crippen molar-refractivity contribution in [1.82, 2.24) is 5.32 Å². The Kier molecular flexibility index (Phi) is 6.75. The third-order valence-electron chi connectivity index (χ3n) is 4.09. The summed E-state index contributed by atoms with van der Waals surface area (Å²) in [5.74, 6) is 3.53. The monoisotopic (exact) mass is 251 g/mol. The molecule has 0 amide bonds. The molecule has 1 rings (SSSR count). The van der Waals surface area contributed by atoms with Crippen molar-refractivity contribution in [1.29, 1.82) is 0 Å². The molecule has 0 heterocycles. The van der Waals surface area contributed by atoms with E-state index >= 15 is 0 Å². The summed E-state index contributed by atoms with van der Waals surface area (Å²) < 4.78 is 6.22. The summed E-state index contributed by atoms with van der Waals surface area (Å²) >= 11 is 0. The van der Waals surface area contributed by atoms with Crippen LogP contribution in [-0.2, 0) is 4.74 Å². The molecule has 2 heteroatoms. The average molecular weight is 251 g/mol. The van der Waals surface area contributed by atoms with Gasteiger partial charge in [0.1, 0.15) is 0 Å². The molecular formula is C16H29NO. The molecular weight excluding hydrogens is 222 g/mol. The van der Waals surface area contributed by atoms with Crippen molar-refractivity contribution in [2.45, 2.75) is 70.9 Å². The van der Waals surface area contributed by atoms with Crippen molar-refractivity contribution < 1.29 is 4.74 Å². The van der Waals surface area contributed by atoms with Gasteiger partial charge in [0, 0.05) is 19.1 Å². The molecule has 3 unspecified atom stereocenters. The Morgan fingerprint density at radius 1 is 1.50 bits per heavy atom. The van der Waals surface area contributed by atoms with Gasteiger partial charge >= 0.3 is 0 Å². The van der Waals surface area contributed by atoms with Crippen LogP contribution in [0.4, 0.5) is 0 Å². The number of terminal acetylenes is 1. The Morgan fingerprint density at radius 2 is 2.28 bits per heavy atom. The number of ether oxygens (including phenoxy) is 1. The number of likely N-dealkylation sites (N-methyl/N-ethyl adjacent to an activating group) is 1.